The molecule has 36 valence electrons. The second-order valence-electron chi connectivity index (χ2n) is 1.07. The van der Waals surface area contributed by atoms with Crippen molar-refractivity contribution in [3.8, 4) is 0 Å². The maximum Gasteiger partial charge on any atom is 0.0234 e. The Labute approximate surface area is 53.0 Å². The van der Waals surface area contributed by atoms with Gasteiger partial charge in [-0.1, -0.05) is 11.8 Å². The first-order valence-electron chi connectivity index (χ1n) is 1.79. The van der Waals surface area contributed by atoms with Gasteiger partial charge < -0.3 is 0 Å². The molecule has 0 aliphatic rings. The number of hydrogen-bond acceptors (Lipinski definition) is 2. The van der Waals surface area contributed by atoms with Crippen LogP contribution in [0.3, 0.4) is 0 Å². The first kappa shape index (κ1) is 5.36. The van der Waals surface area contributed by atoms with Crippen molar-refractivity contribution in [2.24, 2.45) is 0 Å². The Morgan fingerprint density at radius 2 is 2.57 bits per heavy atom. The molecule has 3 heteroatoms. The van der Waals surface area contributed by atoms with Gasteiger partial charge in [-0.2, -0.15) is 11.3 Å². The Morgan fingerprint density at radius 1 is 1.71 bits per heavy atom. The first-order valence-corrected chi connectivity index (χ1v) is 4.64. The second kappa shape index (κ2) is 2.51. The molecular formula is C4H3PS2. The maximum atomic E-state index is 4.75. The first-order chi connectivity index (χ1) is 3.43. The second-order valence-corrected chi connectivity index (χ2v) is 3.10. The average Bonchev–Trinajstić information content (AvgIpc) is 2.14. The molecule has 1 heterocycles. The Balaban J connectivity index is 2.96. The molecule has 0 saturated heterocycles. The third-order valence-electron chi connectivity index (χ3n) is 0.612. The van der Waals surface area contributed by atoms with E-state index in [2.05, 4.69) is 5.38 Å². The van der Waals surface area contributed by atoms with Crippen LogP contribution in [0, 0.1) is 0 Å². The minimum Gasteiger partial charge on any atom is -0.151 e. The molecule has 1 aromatic rings. The monoisotopic (exact) mass is 146 g/mol. The molecule has 0 radical (unpaired) electrons. The quantitative estimate of drug-likeness (QED) is 0.544. The maximum absolute atomic E-state index is 4.75. The SMILES string of the molecule is S=Pc1ccsc1. The van der Waals surface area contributed by atoms with Gasteiger partial charge in [0.05, 0.1) is 0 Å². The summed E-state index contributed by atoms with van der Waals surface area (Å²) in [6.07, 6.45) is 0. The van der Waals surface area contributed by atoms with Crippen LogP contribution in [0.1, 0.15) is 0 Å². The lowest BCUT2D eigenvalue weighted by molar-refractivity contribution is 2.17. The van der Waals surface area contributed by atoms with Gasteiger partial charge in [-0.05, 0) is 11.4 Å². The van der Waals surface area contributed by atoms with Crippen LogP contribution in [0.2, 0.25) is 0 Å². The molecule has 0 nitrogen and oxygen atoms in total. The van der Waals surface area contributed by atoms with Crippen LogP contribution in [0.15, 0.2) is 16.8 Å². The molecule has 0 spiro atoms. The van der Waals surface area contributed by atoms with Crippen molar-refractivity contribution < 1.29 is 0 Å². The summed E-state index contributed by atoms with van der Waals surface area (Å²) in [7, 11) is 0.959. The zero-order valence-electron chi connectivity index (χ0n) is 3.50. The van der Waals surface area contributed by atoms with Crippen LogP contribution in [0.25, 0.3) is 0 Å². The highest BCUT2D eigenvalue weighted by molar-refractivity contribution is 7.99. The van der Waals surface area contributed by atoms with E-state index in [1.807, 2.05) is 11.4 Å². The summed E-state index contributed by atoms with van der Waals surface area (Å²) < 4.78 is 0. The molecule has 0 amide bonds. The molecule has 0 unspecified atom stereocenters. The van der Waals surface area contributed by atoms with Crippen LogP contribution in [0.5, 0.6) is 0 Å². The fourth-order valence-corrected chi connectivity index (χ4v) is 1.99. The Kier molecular flexibility index (Phi) is 1.92. The molecule has 0 saturated carbocycles. The highest BCUT2D eigenvalue weighted by Crippen LogP contribution is 1.99. The third kappa shape index (κ3) is 1.30. The fourth-order valence-electron chi connectivity index (χ4n) is 0.309. The summed E-state index contributed by atoms with van der Waals surface area (Å²) in [5.74, 6) is 0. The Morgan fingerprint density at radius 3 is 2.86 bits per heavy atom. The summed E-state index contributed by atoms with van der Waals surface area (Å²) >= 11 is 6.44. The molecule has 0 aliphatic carbocycles. The van der Waals surface area contributed by atoms with Crippen molar-refractivity contribution in [3.05, 3.63) is 16.8 Å². The normalized spacial score (nSPS) is 9.71. The van der Waals surface area contributed by atoms with E-state index < -0.39 is 0 Å². The van der Waals surface area contributed by atoms with Crippen LogP contribution in [-0.2, 0) is 11.8 Å². The van der Waals surface area contributed by atoms with Gasteiger partial charge >= 0.3 is 0 Å². The summed E-state index contributed by atoms with van der Waals surface area (Å²) in [5, 5.41) is 5.34. The zero-order chi connectivity index (χ0) is 5.11. The molecule has 0 N–H and O–H groups in total. The fraction of sp³-hybridized carbons (Fsp3) is 0. The van der Waals surface area contributed by atoms with Gasteiger partial charge in [-0.15, -0.1) is 0 Å². The van der Waals surface area contributed by atoms with Gasteiger partial charge in [0.2, 0.25) is 0 Å². The van der Waals surface area contributed by atoms with E-state index in [0.29, 0.717) is 0 Å². The lowest BCUT2D eigenvalue weighted by Crippen LogP contribution is -1.76. The highest BCUT2D eigenvalue weighted by Gasteiger charge is 1.80. The van der Waals surface area contributed by atoms with E-state index in [4.69, 9.17) is 11.8 Å². The summed E-state index contributed by atoms with van der Waals surface area (Å²) in [6.45, 7) is 0. The topological polar surface area (TPSA) is 0 Å². The largest absolute Gasteiger partial charge is 0.151 e. The molecule has 0 aromatic carbocycles. The van der Waals surface area contributed by atoms with Gasteiger partial charge in [0, 0.05) is 18.0 Å². The summed E-state index contributed by atoms with van der Waals surface area (Å²) in [4.78, 5) is 0. The van der Waals surface area contributed by atoms with Crippen molar-refractivity contribution in [3.63, 3.8) is 0 Å². The molecule has 1 rings (SSSR count). The number of thiophene rings is 1. The Bertz CT molecular complexity index is 145. The summed E-state index contributed by atoms with van der Waals surface area (Å²) in [6, 6.07) is 2.04. The van der Waals surface area contributed by atoms with Crippen LogP contribution in [0.4, 0.5) is 0 Å². The van der Waals surface area contributed by atoms with Crippen molar-refractivity contribution in [2.75, 3.05) is 0 Å². The van der Waals surface area contributed by atoms with Gasteiger partial charge in [-0.25, -0.2) is 0 Å². The smallest absolute Gasteiger partial charge is 0.0234 e. The zero-order valence-corrected chi connectivity index (χ0v) is 6.02. The van der Waals surface area contributed by atoms with Crippen LogP contribution < -0.4 is 5.30 Å². The van der Waals surface area contributed by atoms with Gasteiger partial charge in [0.25, 0.3) is 0 Å². The van der Waals surface area contributed by atoms with Gasteiger partial charge in [0.1, 0.15) is 0 Å². The molecule has 1 aromatic heterocycles. The third-order valence-corrected chi connectivity index (χ3v) is 2.59. The number of rotatable bonds is 1. The average molecular weight is 146 g/mol. The molecule has 0 aliphatic heterocycles. The molecule has 0 atom stereocenters. The van der Waals surface area contributed by atoms with E-state index >= 15 is 0 Å². The lowest BCUT2D eigenvalue weighted by Gasteiger charge is -1.67. The van der Waals surface area contributed by atoms with E-state index in [1.54, 1.807) is 11.3 Å². The Hall–Kier alpha value is 0.220. The van der Waals surface area contributed by atoms with Crippen molar-refractivity contribution in [1.82, 2.24) is 0 Å². The number of hydrogen-bond donors (Lipinski definition) is 0. The van der Waals surface area contributed by atoms with E-state index in [1.165, 1.54) is 5.30 Å². The predicted octanol–water partition coefficient (Wildman–Crippen LogP) is 1.78. The predicted molar refractivity (Wildman–Crippen MR) is 38.2 cm³/mol. The molecule has 7 heavy (non-hydrogen) atoms. The molecule has 0 bridgehead atoms. The minimum atomic E-state index is 0.959. The van der Waals surface area contributed by atoms with E-state index in [0.717, 1.165) is 7.36 Å². The standard InChI is InChI=1S/C4H3PS2/c6-5-4-1-2-7-3-4/h1-3H. The molecular weight excluding hydrogens is 143 g/mol. The lowest BCUT2D eigenvalue weighted by atomic mass is 10.7. The summed E-state index contributed by atoms with van der Waals surface area (Å²) in [5.41, 5.74) is 0. The van der Waals surface area contributed by atoms with Crippen LogP contribution in [-0.4, -0.2) is 0 Å². The van der Waals surface area contributed by atoms with Gasteiger partial charge in [0.15, 0.2) is 0 Å². The van der Waals surface area contributed by atoms with Crippen molar-refractivity contribution in [2.45, 2.75) is 0 Å². The van der Waals surface area contributed by atoms with E-state index in [-0.39, 0.29) is 0 Å². The van der Waals surface area contributed by atoms with E-state index in [9.17, 15) is 0 Å². The van der Waals surface area contributed by atoms with Gasteiger partial charge in [-0.3, -0.25) is 0 Å². The van der Waals surface area contributed by atoms with Crippen LogP contribution >= 0.6 is 18.7 Å². The van der Waals surface area contributed by atoms with Crippen molar-refractivity contribution >= 4 is 35.8 Å². The van der Waals surface area contributed by atoms with Crippen molar-refractivity contribution in [1.29, 1.82) is 0 Å². The molecule has 0 fully saturated rings. The highest BCUT2D eigenvalue weighted by atomic mass is 32.4. The minimum absolute atomic E-state index is 0.959.